The number of hydrogen-bond acceptors (Lipinski definition) is 4. The molecule has 0 radical (unpaired) electrons. The fourth-order valence-corrected chi connectivity index (χ4v) is 2.70. The van der Waals surface area contributed by atoms with Crippen LogP contribution in [0.5, 0.6) is 0 Å². The van der Waals surface area contributed by atoms with E-state index in [0.717, 1.165) is 0 Å². The van der Waals surface area contributed by atoms with Gasteiger partial charge in [-0.25, -0.2) is 8.42 Å². The third kappa shape index (κ3) is 4.72. The Morgan fingerprint density at radius 2 is 1.65 bits per heavy atom. The first-order valence-electron chi connectivity index (χ1n) is 5.34. The average molecular weight is 265 g/mol. The van der Waals surface area contributed by atoms with Crippen LogP contribution >= 0.6 is 0 Å². The van der Waals surface area contributed by atoms with Crippen molar-refractivity contribution < 1.29 is 23.1 Å². The molecule has 0 bridgehead atoms. The lowest BCUT2D eigenvalue weighted by atomic mass is 10.3. The lowest BCUT2D eigenvalue weighted by Crippen LogP contribution is -2.44. The van der Waals surface area contributed by atoms with Gasteiger partial charge in [-0.2, -0.15) is 0 Å². The van der Waals surface area contributed by atoms with Gasteiger partial charge in [-0.3, -0.25) is 9.59 Å². The predicted molar refractivity (Wildman–Crippen MR) is 63.4 cm³/mol. The van der Waals surface area contributed by atoms with E-state index in [4.69, 9.17) is 5.11 Å². The number of aliphatic carboxylic acids is 1. The highest BCUT2D eigenvalue weighted by Gasteiger charge is 2.34. The number of rotatable bonds is 6. The van der Waals surface area contributed by atoms with E-state index in [-0.39, 0.29) is 6.04 Å². The minimum absolute atomic E-state index is 0.157. The molecule has 0 saturated carbocycles. The molecule has 0 fully saturated rings. The van der Waals surface area contributed by atoms with Crippen LogP contribution in [0.15, 0.2) is 0 Å². The number of amides is 1. The van der Waals surface area contributed by atoms with Gasteiger partial charge in [0.2, 0.25) is 5.91 Å². The number of carboxylic acids is 1. The van der Waals surface area contributed by atoms with Gasteiger partial charge in [-0.05, 0) is 27.7 Å². The van der Waals surface area contributed by atoms with Crippen LogP contribution in [0.25, 0.3) is 0 Å². The van der Waals surface area contributed by atoms with Crippen molar-refractivity contribution in [3.63, 3.8) is 0 Å². The molecule has 0 spiro atoms. The highest BCUT2D eigenvalue weighted by molar-refractivity contribution is 7.93. The van der Waals surface area contributed by atoms with Crippen LogP contribution in [0, 0.1) is 0 Å². The maximum Gasteiger partial charge on any atom is 0.304 e. The average Bonchev–Trinajstić information content (AvgIpc) is 2.14. The molecule has 0 aromatic rings. The first kappa shape index (κ1) is 15.9. The smallest absolute Gasteiger partial charge is 0.304 e. The van der Waals surface area contributed by atoms with Gasteiger partial charge in [0.1, 0.15) is 5.25 Å². The molecular weight excluding hydrogens is 246 g/mol. The predicted octanol–water partition coefficient (Wildman–Crippen LogP) is 0.178. The molecule has 0 saturated heterocycles. The Labute approximate surface area is 101 Å². The Kier molecular flexibility index (Phi) is 5.60. The monoisotopic (exact) mass is 265 g/mol. The van der Waals surface area contributed by atoms with Gasteiger partial charge in [0.15, 0.2) is 9.84 Å². The summed E-state index contributed by atoms with van der Waals surface area (Å²) in [6.45, 7) is 6.00. The van der Waals surface area contributed by atoms with Crippen LogP contribution in [-0.4, -0.2) is 41.9 Å². The van der Waals surface area contributed by atoms with Crippen molar-refractivity contribution in [1.29, 1.82) is 0 Å². The first-order valence-corrected chi connectivity index (χ1v) is 6.94. The van der Waals surface area contributed by atoms with Crippen LogP contribution in [0.3, 0.4) is 0 Å². The van der Waals surface area contributed by atoms with Gasteiger partial charge in [0.25, 0.3) is 0 Å². The number of carboxylic acid groups (broad SMARTS) is 1. The molecule has 0 aliphatic carbocycles. The summed E-state index contributed by atoms with van der Waals surface area (Å²) in [7, 11) is -3.77. The number of hydrogen-bond donors (Lipinski definition) is 2. The molecule has 17 heavy (non-hydrogen) atoms. The van der Waals surface area contributed by atoms with Crippen LogP contribution in [0.1, 0.15) is 34.1 Å². The zero-order valence-corrected chi connectivity index (χ0v) is 11.2. The minimum Gasteiger partial charge on any atom is -0.481 e. The summed E-state index contributed by atoms with van der Waals surface area (Å²) in [6, 6.07) is -0.157. The summed E-state index contributed by atoms with van der Waals surface area (Å²) >= 11 is 0. The molecule has 0 rings (SSSR count). The summed E-state index contributed by atoms with van der Waals surface area (Å²) in [6.07, 6.45) is -0.498. The second-order valence-corrected chi connectivity index (χ2v) is 6.99. The molecule has 0 aromatic carbocycles. The number of carbonyl (C=O) groups is 2. The fraction of sp³-hybridized carbons (Fsp3) is 0.800. The maximum absolute atomic E-state index is 11.9. The largest absolute Gasteiger partial charge is 0.481 e. The molecule has 2 unspecified atom stereocenters. The molecule has 100 valence electrons. The molecule has 0 heterocycles. The maximum atomic E-state index is 11.9. The van der Waals surface area contributed by atoms with Crippen molar-refractivity contribution in [1.82, 2.24) is 5.32 Å². The normalized spacial score (nSPS) is 15.4. The topological polar surface area (TPSA) is 101 Å². The lowest BCUT2D eigenvalue weighted by Gasteiger charge is -2.18. The molecule has 0 aliphatic heterocycles. The Balaban J connectivity index is 4.81. The van der Waals surface area contributed by atoms with Crippen molar-refractivity contribution in [2.45, 2.75) is 50.7 Å². The summed E-state index contributed by atoms with van der Waals surface area (Å²) in [4.78, 5) is 22.0. The zero-order valence-electron chi connectivity index (χ0n) is 10.4. The molecule has 2 N–H and O–H groups in total. The van der Waals surface area contributed by atoms with E-state index in [0.29, 0.717) is 0 Å². The minimum atomic E-state index is -3.77. The second kappa shape index (κ2) is 6.00. The van der Waals surface area contributed by atoms with E-state index in [1.54, 1.807) is 13.8 Å². The van der Waals surface area contributed by atoms with Gasteiger partial charge in [-0.1, -0.05) is 0 Å². The van der Waals surface area contributed by atoms with E-state index in [1.165, 1.54) is 13.8 Å². The zero-order chi connectivity index (χ0) is 13.8. The third-order valence-electron chi connectivity index (χ3n) is 2.32. The summed E-state index contributed by atoms with van der Waals surface area (Å²) in [5.74, 6) is -1.80. The van der Waals surface area contributed by atoms with Crippen LogP contribution in [0.2, 0.25) is 0 Å². The summed E-state index contributed by atoms with van der Waals surface area (Å²) in [5, 5.41) is 8.73. The van der Waals surface area contributed by atoms with Crippen molar-refractivity contribution >= 4 is 21.7 Å². The van der Waals surface area contributed by atoms with Gasteiger partial charge in [-0.15, -0.1) is 0 Å². The van der Waals surface area contributed by atoms with Gasteiger partial charge in [0.05, 0.1) is 11.7 Å². The van der Waals surface area contributed by atoms with E-state index in [2.05, 4.69) is 5.32 Å². The Hall–Kier alpha value is -1.11. The molecule has 0 aromatic heterocycles. The highest BCUT2D eigenvalue weighted by atomic mass is 32.2. The van der Waals surface area contributed by atoms with Gasteiger partial charge >= 0.3 is 5.97 Å². The fourth-order valence-electron chi connectivity index (χ4n) is 1.26. The molecule has 1 amide bonds. The van der Waals surface area contributed by atoms with Crippen molar-refractivity contribution in [3.8, 4) is 0 Å². The third-order valence-corrected chi connectivity index (χ3v) is 4.80. The quantitative estimate of drug-likeness (QED) is 0.713. The highest BCUT2D eigenvalue weighted by Crippen LogP contribution is 2.13. The number of nitrogens with one attached hydrogen (secondary N) is 1. The molecule has 6 nitrogen and oxygen atoms in total. The van der Waals surface area contributed by atoms with Crippen LogP contribution in [-0.2, 0) is 19.4 Å². The number of sulfone groups is 1. The van der Waals surface area contributed by atoms with Crippen LogP contribution in [0.4, 0.5) is 0 Å². The molecule has 0 aliphatic rings. The Morgan fingerprint density at radius 1 is 1.18 bits per heavy atom. The van der Waals surface area contributed by atoms with Crippen molar-refractivity contribution in [3.05, 3.63) is 0 Å². The van der Waals surface area contributed by atoms with Crippen molar-refractivity contribution in [2.24, 2.45) is 0 Å². The van der Waals surface area contributed by atoms with Gasteiger partial charge < -0.3 is 10.4 Å². The van der Waals surface area contributed by atoms with E-state index < -0.39 is 38.6 Å². The second-order valence-electron chi connectivity index (χ2n) is 4.30. The molecule has 2 atom stereocenters. The van der Waals surface area contributed by atoms with E-state index >= 15 is 0 Å². The number of carbonyl (C=O) groups excluding carboxylic acids is 1. The molecular formula is C10H19NO5S. The Bertz CT molecular complexity index is 388. The van der Waals surface area contributed by atoms with E-state index in [1.807, 2.05) is 0 Å². The Morgan fingerprint density at radius 3 is 2.00 bits per heavy atom. The van der Waals surface area contributed by atoms with Crippen molar-refractivity contribution in [2.75, 3.05) is 0 Å². The van der Waals surface area contributed by atoms with Gasteiger partial charge in [0, 0.05) is 6.04 Å². The lowest BCUT2D eigenvalue weighted by molar-refractivity contribution is -0.137. The molecule has 7 heteroatoms. The SMILES string of the molecule is CC(C)NC(=O)C(C)S(=O)(=O)C(C)CC(=O)O. The summed E-state index contributed by atoms with van der Waals surface area (Å²) < 4.78 is 23.7. The standard InChI is InChI=1S/C10H19NO5S/c1-6(2)11-10(14)8(4)17(15,16)7(3)5-9(12)13/h6-8H,5H2,1-4H3,(H,11,14)(H,12,13). The van der Waals surface area contributed by atoms with Crippen LogP contribution < -0.4 is 5.32 Å². The first-order chi connectivity index (χ1) is 7.59. The summed E-state index contributed by atoms with van der Waals surface area (Å²) in [5.41, 5.74) is 0. The van der Waals surface area contributed by atoms with E-state index in [9.17, 15) is 18.0 Å².